The molecule has 0 aliphatic heterocycles. The summed E-state index contributed by atoms with van der Waals surface area (Å²) in [5.41, 5.74) is 3.32. The highest BCUT2D eigenvalue weighted by atomic mass is 16.5. The second-order valence-electron chi connectivity index (χ2n) is 4.91. The zero-order valence-electron chi connectivity index (χ0n) is 11.8. The molecular weight excluding hydrogens is 266 g/mol. The number of aliphatic hydroxyl groups is 1. The first-order valence-electron chi connectivity index (χ1n) is 6.66. The molecule has 0 fully saturated rings. The van der Waals surface area contributed by atoms with E-state index in [0.717, 1.165) is 22.5 Å². The van der Waals surface area contributed by atoms with Crippen LogP contribution in [0.3, 0.4) is 0 Å². The molecule has 0 spiro atoms. The van der Waals surface area contributed by atoms with Crippen molar-refractivity contribution in [3.8, 4) is 11.4 Å². The van der Waals surface area contributed by atoms with E-state index >= 15 is 0 Å². The molecule has 1 N–H and O–H groups in total. The number of benzene rings is 1. The predicted octanol–water partition coefficient (Wildman–Crippen LogP) is 2.83. The molecule has 0 saturated heterocycles. The van der Waals surface area contributed by atoms with Crippen LogP contribution in [-0.2, 0) is 0 Å². The molecule has 1 atom stereocenters. The number of pyridine rings is 1. The van der Waals surface area contributed by atoms with Crippen LogP contribution in [0.25, 0.3) is 11.4 Å². The summed E-state index contributed by atoms with van der Waals surface area (Å²) in [4.78, 5) is 8.60. The Kier molecular flexibility index (Phi) is 3.50. The maximum Gasteiger partial charge on any atom is 0.260 e. The lowest BCUT2D eigenvalue weighted by Gasteiger charge is -2.04. The Bertz CT molecular complexity index is 733. The molecule has 1 unspecified atom stereocenters. The van der Waals surface area contributed by atoms with Crippen molar-refractivity contribution in [2.75, 3.05) is 0 Å². The summed E-state index contributed by atoms with van der Waals surface area (Å²) in [7, 11) is 0. The van der Waals surface area contributed by atoms with E-state index in [1.165, 1.54) is 0 Å². The molecule has 0 saturated carbocycles. The van der Waals surface area contributed by atoms with Crippen molar-refractivity contribution in [3.05, 3.63) is 65.3 Å². The number of hydrogen-bond donors (Lipinski definition) is 1. The summed E-state index contributed by atoms with van der Waals surface area (Å²) in [6.45, 7) is 3.83. The van der Waals surface area contributed by atoms with Gasteiger partial charge < -0.3 is 9.63 Å². The topological polar surface area (TPSA) is 72.0 Å². The fraction of sp³-hybridized carbons (Fsp3) is 0.188. The molecular formula is C16H15N3O2. The molecule has 5 nitrogen and oxygen atoms in total. The Balaban J connectivity index is 1.93. The first kappa shape index (κ1) is 13.5. The van der Waals surface area contributed by atoms with Gasteiger partial charge in [-0.1, -0.05) is 35.5 Å². The van der Waals surface area contributed by atoms with Crippen LogP contribution < -0.4 is 0 Å². The first-order chi connectivity index (χ1) is 10.1. The summed E-state index contributed by atoms with van der Waals surface area (Å²) in [6.07, 6.45) is -0.920. The second kappa shape index (κ2) is 5.46. The summed E-state index contributed by atoms with van der Waals surface area (Å²) in [5.74, 6) is 0.636. The second-order valence-corrected chi connectivity index (χ2v) is 4.91. The molecule has 0 amide bonds. The van der Waals surface area contributed by atoms with Gasteiger partial charge in [0, 0.05) is 17.0 Å². The van der Waals surface area contributed by atoms with Gasteiger partial charge in [0.05, 0.1) is 0 Å². The maximum absolute atomic E-state index is 10.3. The third-order valence-electron chi connectivity index (χ3n) is 3.13. The van der Waals surface area contributed by atoms with Gasteiger partial charge in [-0.05, 0) is 31.5 Å². The van der Waals surface area contributed by atoms with Gasteiger partial charge in [-0.15, -0.1) is 0 Å². The minimum atomic E-state index is -0.920. The van der Waals surface area contributed by atoms with E-state index in [1.54, 1.807) is 0 Å². The van der Waals surface area contributed by atoms with Crippen LogP contribution >= 0.6 is 0 Å². The highest BCUT2D eigenvalue weighted by Gasteiger charge is 2.18. The SMILES string of the molecule is Cc1cc(-c2noc(C(O)c3ccccc3)n2)cc(C)n1. The van der Waals surface area contributed by atoms with Crippen LogP contribution in [-0.4, -0.2) is 20.2 Å². The number of nitrogens with zero attached hydrogens (tertiary/aromatic N) is 3. The summed E-state index contributed by atoms with van der Waals surface area (Å²) >= 11 is 0. The van der Waals surface area contributed by atoms with Gasteiger partial charge in [0.15, 0.2) is 6.10 Å². The normalized spacial score (nSPS) is 12.3. The molecule has 1 aromatic carbocycles. The van der Waals surface area contributed by atoms with Crippen LogP contribution in [0.15, 0.2) is 47.0 Å². The van der Waals surface area contributed by atoms with Gasteiger partial charge in [-0.3, -0.25) is 4.98 Å². The van der Waals surface area contributed by atoms with E-state index in [1.807, 2.05) is 56.3 Å². The van der Waals surface area contributed by atoms with Crippen molar-refractivity contribution < 1.29 is 9.63 Å². The maximum atomic E-state index is 10.3. The average Bonchev–Trinajstić information content (AvgIpc) is 2.96. The van der Waals surface area contributed by atoms with Crippen LogP contribution in [0.2, 0.25) is 0 Å². The van der Waals surface area contributed by atoms with E-state index in [2.05, 4.69) is 15.1 Å². The number of aliphatic hydroxyl groups excluding tert-OH is 1. The third-order valence-corrected chi connectivity index (χ3v) is 3.13. The Morgan fingerprint density at radius 2 is 1.67 bits per heavy atom. The summed E-state index contributed by atoms with van der Waals surface area (Å²) in [6, 6.07) is 13.0. The van der Waals surface area contributed by atoms with Crippen LogP contribution in [0, 0.1) is 13.8 Å². The molecule has 106 valence electrons. The molecule has 0 bridgehead atoms. The fourth-order valence-corrected chi connectivity index (χ4v) is 2.21. The standard InChI is InChI=1S/C16H15N3O2/c1-10-8-13(9-11(2)17-10)15-18-16(21-19-15)14(20)12-6-4-3-5-7-12/h3-9,14,20H,1-2H3. The summed E-state index contributed by atoms with van der Waals surface area (Å²) < 4.78 is 5.18. The van der Waals surface area contributed by atoms with Gasteiger partial charge in [0.2, 0.25) is 5.82 Å². The third kappa shape index (κ3) is 2.83. The lowest BCUT2D eigenvalue weighted by molar-refractivity contribution is 0.170. The highest BCUT2D eigenvalue weighted by Crippen LogP contribution is 2.23. The quantitative estimate of drug-likeness (QED) is 0.799. The monoisotopic (exact) mass is 281 g/mol. The Hall–Kier alpha value is -2.53. The van der Waals surface area contributed by atoms with Gasteiger partial charge in [0.25, 0.3) is 5.89 Å². The van der Waals surface area contributed by atoms with Crippen molar-refractivity contribution in [1.82, 2.24) is 15.1 Å². The van der Waals surface area contributed by atoms with Crippen LogP contribution in [0.1, 0.15) is 28.9 Å². The zero-order chi connectivity index (χ0) is 14.8. The molecule has 3 rings (SSSR count). The summed E-state index contributed by atoms with van der Waals surface area (Å²) in [5, 5.41) is 14.2. The smallest absolute Gasteiger partial charge is 0.260 e. The van der Waals surface area contributed by atoms with E-state index in [9.17, 15) is 5.11 Å². The number of hydrogen-bond acceptors (Lipinski definition) is 5. The van der Waals surface area contributed by atoms with Crippen LogP contribution in [0.4, 0.5) is 0 Å². The lowest BCUT2D eigenvalue weighted by Crippen LogP contribution is -1.99. The number of aryl methyl sites for hydroxylation is 2. The van der Waals surface area contributed by atoms with Crippen LogP contribution in [0.5, 0.6) is 0 Å². The molecule has 0 radical (unpaired) electrons. The number of rotatable bonds is 3. The van der Waals surface area contributed by atoms with Crippen molar-refractivity contribution in [2.24, 2.45) is 0 Å². The molecule has 5 heteroatoms. The van der Waals surface area contributed by atoms with E-state index in [4.69, 9.17) is 4.52 Å². The molecule has 0 aliphatic carbocycles. The minimum Gasteiger partial charge on any atom is -0.378 e. The Morgan fingerprint density at radius 3 is 2.33 bits per heavy atom. The molecule has 3 aromatic rings. The largest absolute Gasteiger partial charge is 0.378 e. The Morgan fingerprint density at radius 1 is 1.00 bits per heavy atom. The van der Waals surface area contributed by atoms with E-state index in [-0.39, 0.29) is 5.89 Å². The molecule has 2 heterocycles. The van der Waals surface area contributed by atoms with Gasteiger partial charge in [-0.25, -0.2) is 0 Å². The van der Waals surface area contributed by atoms with Gasteiger partial charge in [0.1, 0.15) is 0 Å². The number of aromatic nitrogens is 3. The molecule has 0 aliphatic rings. The van der Waals surface area contributed by atoms with Gasteiger partial charge in [-0.2, -0.15) is 4.98 Å². The van der Waals surface area contributed by atoms with Crippen molar-refractivity contribution in [3.63, 3.8) is 0 Å². The Labute approximate surface area is 122 Å². The average molecular weight is 281 g/mol. The fourth-order valence-electron chi connectivity index (χ4n) is 2.21. The first-order valence-corrected chi connectivity index (χ1v) is 6.66. The highest BCUT2D eigenvalue weighted by molar-refractivity contribution is 5.55. The lowest BCUT2D eigenvalue weighted by atomic mass is 10.1. The molecule has 2 aromatic heterocycles. The van der Waals surface area contributed by atoms with E-state index in [0.29, 0.717) is 5.82 Å². The van der Waals surface area contributed by atoms with E-state index < -0.39 is 6.10 Å². The zero-order valence-corrected chi connectivity index (χ0v) is 11.8. The van der Waals surface area contributed by atoms with Crippen molar-refractivity contribution in [2.45, 2.75) is 20.0 Å². The van der Waals surface area contributed by atoms with Gasteiger partial charge >= 0.3 is 0 Å². The minimum absolute atomic E-state index is 0.184. The van der Waals surface area contributed by atoms with Crippen molar-refractivity contribution >= 4 is 0 Å². The molecule has 21 heavy (non-hydrogen) atoms. The predicted molar refractivity (Wildman–Crippen MR) is 77.5 cm³/mol. The van der Waals surface area contributed by atoms with Crippen molar-refractivity contribution in [1.29, 1.82) is 0 Å².